The molecule has 1 aromatic rings. The third-order valence-electron chi connectivity index (χ3n) is 3.69. The minimum Gasteiger partial charge on any atom is -0.496 e. The van der Waals surface area contributed by atoms with Crippen LogP contribution < -0.4 is 10.5 Å². The maximum absolute atomic E-state index is 5.79. The molecule has 0 saturated carbocycles. The quantitative estimate of drug-likeness (QED) is 0.841. The highest BCUT2D eigenvalue weighted by atomic mass is 16.5. The van der Waals surface area contributed by atoms with Gasteiger partial charge in [0.15, 0.2) is 0 Å². The Hall–Kier alpha value is -1.06. The molecule has 3 heteroatoms. The van der Waals surface area contributed by atoms with Crippen LogP contribution >= 0.6 is 0 Å². The molecule has 102 valence electrons. The van der Waals surface area contributed by atoms with Crippen molar-refractivity contribution in [1.82, 2.24) is 4.90 Å². The summed E-state index contributed by atoms with van der Waals surface area (Å²) >= 11 is 0. The predicted octanol–water partition coefficient (Wildman–Crippen LogP) is 2.22. The highest BCUT2D eigenvalue weighted by Gasteiger charge is 2.21. The summed E-state index contributed by atoms with van der Waals surface area (Å²) in [7, 11) is 3.84. The second-order valence-corrected chi connectivity index (χ2v) is 5.50. The molecule has 0 aliphatic rings. The maximum Gasteiger partial charge on any atom is 0.122 e. The van der Waals surface area contributed by atoms with E-state index in [-0.39, 0.29) is 5.54 Å². The van der Waals surface area contributed by atoms with Gasteiger partial charge in [-0.15, -0.1) is 0 Å². The standard InChI is InChI=1S/C15H26N2O/c1-12-6-7-14(18-5)13(10-12)8-9-17(4)15(2,3)11-16/h6-7,10H,8-9,11,16H2,1-5H3. The van der Waals surface area contributed by atoms with E-state index in [9.17, 15) is 0 Å². The van der Waals surface area contributed by atoms with Gasteiger partial charge < -0.3 is 10.5 Å². The Morgan fingerprint density at radius 3 is 2.56 bits per heavy atom. The van der Waals surface area contributed by atoms with Crippen LogP contribution in [0, 0.1) is 6.92 Å². The Balaban J connectivity index is 2.71. The fourth-order valence-electron chi connectivity index (χ4n) is 1.85. The normalized spacial score (nSPS) is 11.9. The van der Waals surface area contributed by atoms with E-state index in [2.05, 4.69) is 44.9 Å². The Morgan fingerprint density at radius 1 is 1.33 bits per heavy atom. The Labute approximate surface area is 111 Å². The lowest BCUT2D eigenvalue weighted by atomic mass is 10.0. The summed E-state index contributed by atoms with van der Waals surface area (Å²) < 4.78 is 5.40. The third kappa shape index (κ3) is 3.72. The summed E-state index contributed by atoms with van der Waals surface area (Å²) in [5.74, 6) is 0.972. The van der Waals surface area contributed by atoms with E-state index >= 15 is 0 Å². The molecule has 0 atom stereocenters. The molecule has 3 nitrogen and oxygen atoms in total. The highest BCUT2D eigenvalue weighted by Crippen LogP contribution is 2.21. The van der Waals surface area contributed by atoms with Crippen LogP contribution in [0.15, 0.2) is 18.2 Å². The maximum atomic E-state index is 5.79. The molecule has 0 saturated heterocycles. The molecular weight excluding hydrogens is 224 g/mol. The average Bonchev–Trinajstić information content (AvgIpc) is 2.36. The van der Waals surface area contributed by atoms with Crippen molar-refractivity contribution in [3.63, 3.8) is 0 Å². The van der Waals surface area contributed by atoms with Crippen molar-refractivity contribution in [3.05, 3.63) is 29.3 Å². The van der Waals surface area contributed by atoms with Gasteiger partial charge in [-0.2, -0.15) is 0 Å². The molecule has 0 aromatic heterocycles. The monoisotopic (exact) mass is 250 g/mol. The molecule has 1 rings (SSSR count). The van der Waals surface area contributed by atoms with E-state index in [4.69, 9.17) is 10.5 Å². The summed E-state index contributed by atoms with van der Waals surface area (Å²) in [5, 5.41) is 0. The minimum absolute atomic E-state index is 0.0388. The lowest BCUT2D eigenvalue weighted by Gasteiger charge is -2.34. The Kier molecular flexibility index (Phi) is 5.17. The Morgan fingerprint density at radius 2 is 2.00 bits per heavy atom. The van der Waals surface area contributed by atoms with E-state index < -0.39 is 0 Å². The van der Waals surface area contributed by atoms with Gasteiger partial charge >= 0.3 is 0 Å². The second-order valence-electron chi connectivity index (χ2n) is 5.50. The molecule has 0 bridgehead atoms. The van der Waals surface area contributed by atoms with E-state index in [1.807, 2.05) is 6.07 Å². The lowest BCUT2D eigenvalue weighted by molar-refractivity contribution is 0.165. The summed E-state index contributed by atoms with van der Waals surface area (Å²) in [6.45, 7) is 8.08. The highest BCUT2D eigenvalue weighted by molar-refractivity contribution is 5.37. The summed E-state index contributed by atoms with van der Waals surface area (Å²) in [6, 6.07) is 6.32. The van der Waals surface area contributed by atoms with Gasteiger partial charge in [0.05, 0.1) is 7.11 Å². The summed E-state index contributed by atoms with van der Waals surface area (Å²) in [6.07, 6.45) is 0.977. The lowest BCUT2D eigenvalue weighted by Crippen LogP contribution is -2.47. The Bertz CT molecular complexity index is 388. The molecule has 0 amide bonds. The smallest absolute Gasteiger partial charge is 0.122 e. The second kappa shape index (κ2) is 6.21. The molecule has 0 unspecified atom stereocenters. The van der Waals surface area contributed by atoms with Crippen molar-refractivity contribution in [2.24, 2.45) is 5.73 Å². The van der Waals surface area contributed by atoms with Crippen LogP contribution in [-0.4, -0.2) is 37.7 Å². The van der Waals surface area contributed by atoms with Gasteiger partial charge in [0.25, 0.3) is 0 Å². The van der Waals surface area contributed by atoms with E-state index in [0.717, 1.165) is 18.7 Å². The van der Waals surface area contributed by atoms with Crippen LogP contribution in [0.5, 0.6) is 5.75 Å². The number of rotatable bonds is 6. The fourth-order valence-corrected chi connectivity index (χ4v) is 1.85. The van der Waals surface area contributed by atoms with Crippen LogP contribution in [0.1, 0.15) is 25.0 Å². The number of aryl methyl sites for hydroxylation is 1. The molecule has 2 N–H and O–H groups in total. The first-order chi connectivity index (χ1) is 8.40. The van der Waals surface area contributed by atoms with Gasteiger partial charge in [-0.05, 0) is 45.9 Å². The molecular formula is C15H26N2O. The van der Waals surface area contributed by atoms with Gasteiger partial charge in [0.1, 0.15) is 5.75 Å². The number of likely N-dealkylation sites (N-methyl/N-ethyl adjacent to an activating group) is 1. The largest absolute Gasteiger partial charge is 0.496 e. The first-order valence-electron chi connectivity index (χ1n) is 6.45. The van der Waals surface area contributed by atoms with Gasteiger partial charge in [0.2, 0.25) is 0 Å². The molecule has 0 heterocycles. The zero-order chi connectivity index (χ0) is 13.8. The number of benzene rings is 1. The van der Waals surface area contributed by atoms with Gasteiger partial charge in [-0.3, -0.25) is 4.90 Å². The van der Waals surface area contributed by atoms with Crippen molar-refractivity contribution >= 4 is 0 Å². The van der Waals surface area contributed by atoms with Crippen molar-refractivity contribution < 1.29 is 4.74 Å². The van der Waals surface area contributed by atoms with Gasteiger partial charge in [-0.1, -0.05) is 17.7 Å². The summed E-state index contributed by atoms with van der Waals surface area (Å²) in [4.78, 5) is 2.30. The molecule has 0 aliphatic carbocycles. The van der Waals surface area contributed by atoms with Gasteiger partial charge in [-0.25, -0.2) is 0 Å². The van der Waals surface area contributed by atoms with Crippen LogP contribution in [0.3, 0.4) is 0 Å². The van der Waals surface area contributed by atoms with Crippen molar-refractivity contribution in [3.8, 4) is 5.75 Å². The molecule has 0 radical (unpaired) electrons. The van der Waals surface area contributed by atoms with Crippen LogP contribution in [0.25, 0.3) is 0 Å². The molecule has 1 aromatic carbocycles. The van der Waals surface area contributed by atoms with Crippen LogP contribution in [0.2, 0.25) is 0 Å². The topological polar surface area (TPSA) is 38.5 Å². The SMILES string of the molecule is COc1ccc(C)cc1CCN(C)C(C)(C)CN. The first kappa shape index (κ1) is 15.0. The minimum atomic E-state index is 0.0388. The molecule has 18 heavy (non-hydrogen) atoms. The average molecular weight is 250 g/mol. The first-order valence-corrected chi connectivity index (χ1v) is 6.45. The zero-order valence-corrected chi connectivity index (χ0v) is 12.3. The van der Waals surface area contributed by atoms with Crippen molar-refractivity contribution in [2.75, 3.05) is 27.2 Å². The third-order valence-corrected chi connectivity index (χ3v) is 3.69. The van der Waals surface area contributed by atoms with Crippen LogP contribution in [0.4, 0.5) is 0 Å². The number of hydrogen-bond acceptors (Lipinski definition) is 3. The van der Waals surface area contributed by atoms with Crippen molar-refractivity contribution in [1.29, 1.82) is 0 Å². The molecule has 0 fully saturated rings. The predicted molar refractivity (Wildman–Crippen MR) is 77.2 cm³/mol. The van der Waals surface area contributed by atoms with Crippen molar-refractivity contribution in [2.45, 2.75) is 32.7 Å². The number of methoxy groups -OCH3 is 1. The number of nitrogens with zero attached hydrogens (tertiary/aromatic N) is 1. The molecule has 0 spiro atoms. The van der Waals surface area contributed by atoms with E-state index in [0.29, 0.717) is 6.54 Å². The van der Waals surface area contributed by atoms with E-state index in [1.54, 1.807) is 7.11 Å². The fraction of sp³-hybridized carbons (Fsp3) is 0.600. The number of hydrogen-bond donors (Lipinski definition) is 1. The van der Waals surface area contributed by atoms with E-state index in [1.165, 1.54) is 11.1 Å². The van der Waals surface area contributed by atoms with Crippen LogP contribution in [-0.2, 0) is 6.42 Å². The number of nitrogens with two attached hydrogens (primary N) is 1. The summed E-state index contributed by atoms with van der Waals surface area (Å²) in [5.41, 5.74) is 8.36. The molecule has 0 aliphatic heterocycles. The number of ether oxygens (including phenoxy) is 1. The van der Waals surface area contributed by atoms with Gasteiger partial charge in [0, 0.05) is 18.6 Å². The zero-order valence-electron chi connectivity index (χ0n) is 12.3.